The van der Waals surface area contributed by atoms with E-state index in [4.69, 9.17) is 19.1 Å². The van der Waals surface area contributed by atoms with Gasteiger partial charge in [0.15, 0.2) is 28.9 Å². The van der Waals surface area contributed by atoms with E-state index in [9.17, 15) is 9.18 Å². The third kappa shape index (κ3) is 5.25. The fourth-order valence-electron chi connectivity index (χ4n) is 5.75. The van der Waals surface area contributed by atoms with Crippen molar-refractivity contribution in [3.8, 4) is 5.82 Å². The van der Waals surface area contributed by atoms with Gasteiger partial charge in [-0.1, -0.05) is 12.5 Å². The smallest absolute Gasteiger partial charge is 0.252 e. The quantitative estimate of drug-likeness (QED) is 0.220. The molecule has 0 spiro atoms. The van der Waals surface area contributed by atoms with Crippen molar-refractivity contribution in [3.63, 3.8) is 0 Å². The number of aromatic amines is 1. The molecule has 44 heavy (non-hydrogen) atoms. The number of nitrogens with zero attached hydrogens (tertiary/aromatic N) is 7. The molecule has 7 rings (SSSR count). The van der Waals surface area contributed by atoms with E-state index in [0.29, 0.717) is 66.4 Å². The van der Waals surface area contributed by atoms with Gasteiger partial charge >= 0.3 is 0 Å². The number of aromatic nitrogens is 7. The predicted octanol–water partition coefficient (Wildman–Crippen LogP) is 4.54. The van der Waals surface area contributed by atoms with Gasteiger partial charge in [-0.2, -0.15) is 15.2 Å². The van der Waals surface area contributed by atoms with Crippen molar-refractivity contribution in [2.75, 3.05) is 30.4 Å². The van der Waals surface area contributed by atoms with Gasteiger partial charge in [0.05, 0.1) is 24.7 Å². The highest BCUT2D eigenvalue weighted by atomic mass is 19.1. The van der Waals surface area contributed by atoms with Crippen LogP contribution in [0.25, 0.3) is 16.9 Å². The lowest BCUT2D eigenvalue weighted by molar-refractivity contribution is -0.146. The van der Waals surface area contributed by atoms with Gasteiger partial charge in [0, 0.05) is 63.0 Å². The van der Waals surface area contributed by atoms with E-state index in [1.54, 1.807) is 25.6 Å². The molecule has 13 nitrogen and oxygen atoms in total. The average Bonchev–Trinajstić information content (AvgIpc) is 3.78. The molecule has 228 valence electrons. The standard InChI is InChI=1S/C30H33FN10O3/c1-18(20-6-7-25(32-15-20)41-17-21(31)16-33-41)34-28(42)30(43-2)9-11-40(12-10-30)29-35-22-8-13-44-26(22)27(37-29)36-24-14-23(38-39-24)19-4-3-5-19/h6-8,13-19H,3-5,9-12H2,1-2H3,(H,34,42)(H2,35,36,37,38,39)/t18-/m0/s1. The minimum absolute atomic E-state index is 0.195. The zero-order valence-electron chi connectivity index (χ0n) is 24.5. The highest BCUT2D eigenvalue weighted by Gasteiger charge is 2.43. The van der Waals surface area contributed by atoms with Crippen LogP contribution in [0.3, 0.4) is 0 Å². The van der Waals surface area contributed by atoms with Crippen LogP contribution >= 0.6 is 0 Å². The molecule has 0 radical (unpaired) electrons. The molecule has 5 aromatic rings. The Morgan fingerprint density at radius 2 is 2.05 bits per heavy atom. The van der Waals surface area contributed by atoms with Gasteiger partial charge in [-0.3, -0.25) is 9.89 Å². The average molecular weight is 601 g/mol. The van der Waals surface area contributed by atoms with E-state index in [0.717, 1.165) is 17.5 Å². The largest absolute Gasteiger partial charge is 0.459 e. The van der Waals surface area contributed by atoms with Crippen molar-refractivity contribution in [1.29, 1.82) is 0 Å². The monoisotopic (exact) mass is 600 g/mol. The van der Waals surface area contributed by atoms with Crippen molar-refractivity contribution in [2.24, 2.45) is 0 Å². The Kier molecular flexibility index (Phi) is 7.20. The van der Waals surface area contributed by atoms with Crippen LogP contribution in [0.2, 0.25) is 0 Å². The molecular weight excluding hydrogens is 567 g/mol. The minimum atomic E-state index is -1.00. The number of ether oxygens (including phenoxy) is 1. The van der Waals surface area contributed by atoms with Crippen LogP contribution in [-0.4, -0.2) is 66.6 Å². The number of amides is 1. The number of hydrogen-bond donors (Lipinski definition) is 3. The van der Waals surface area contributed by atoms with Crippen LogP contribution in [0.4, 0.5) is 22.0 Å². The molecule has 14 heteroatoms. The molecule has 1 saturated heterocycles. The second kappa shape index (κ2) is 11.3. The Hall–Kier alpha value is -4.85. The van der Waals surface area contributed by atoms with Crippen LogP contribution < -0.4 is 15.5 Å². The molecule has 1 atom stereocenters. The summed E-state index contributed by atoms with van der Waals surface area (Å²) in [4.78, 5) is 29.5. The van der Waals surface area contributed by atoms with Crippen LogP contribution in [-0.2, 0) is 9.53 Å². The second-order valence-corrected chi connectivity index (χ2v) is 11.4. The number of piperidine rings is 1. The van der Waals surface area contributed by atoms with Gasteiger partial charge in [-0.05, 0) is 31.4 Å². The Bertz CT molecular complexity index is 1770. The second-order valence-electron chi connectivity index (χ2n) is 11.4. The van der Waals surface area contributed by atoms with E-state index >= 15 is 0 Å². The topological polar surface area (TPSA) is 152 Å². The van der Waals surface area contributed by atoms with Gasteiger partial charge < -0.3 is 24.7 Å². The molecule has 0 aromatic carbocycles. The summed E-state index contributed by atoms with van der Waals surface area (Å²) < 4.78 is 26.2. The molecule has 1 amide bonds. The van der Waals surface area contributed by atoms with Gasteiger partial charge in [0.2, 0.25) is 5.95 Å². The Morgan fingerprint density at radius 3 is 2.73 bits per heavy atom. The molecule has 5 aromatic heterocycles. The number of anilines is 3. The molecule has 6 heterocycles. The van der Waals surface area contributed by atoms with Crippen molar-refractivity contribution in [3.05, 3.63) is 66.2 Å². The molecule has 1 aliphatic carbocycles. The number of carbonyl (C=O) groups excluding carboxylic acids is 1. The Morgan fingerprint density at radius 1 is 1.20 bits per heavy atom. The maximum atomic E-state index is 13.5. The fraction of sp³-hybridized carbons (Fsp3) is 0.400. The third-order valence-electron chi connectivity index (χ3n) is 8.74. The summed E-state index contributed by atoms with van der Waals surface area (Å²) >= 11 is 0. The number of rotatable bonds is 9. The SMILES string of the molecule is COC1(C(=O)N[C@@H](C)c2ccc(-n3cc(F)cn3)nc2)CCN(c2nc(Nc3cc(C4CCC4)[nH]n3)c3occc3n2)CC1. The highest BCUT2D eigenvalue weighted by molar-refractivity contribution is 5.87. The van der Waals surface area contributed by atoms with E-state index in [2.05, 4.69) is 35.8 Å². The van der Waals surface area contributed by atoms with Gasteiger partial charge in [0.1, 0.15) is 11.1 Å². The van der Waals surface area contributed by atoms with E-state index in [1.807, 2.05) is 25.1 Å². The normalized spacial score (nSPS) is 17.4. The van der Waals surface area contributed by atoms with Gasteiger partial charge in [0.25, 0.3) is 5.91 Å². The molecule has 2 aliphatic rings. The molecule has 3 N–H and O–H groups in total. The molecular formula is C30H33FN10O3. The number of H-pyrrole nitrogens is 1. The van der Waals surface area contributed by atoms with E-state index in [1.165, 1.54) is 30.1 Å². The highest BCUT2D eigenvalue weighted by Crippen LogP contribution is 2.37. The number of carbonyl (C=O) groups is 1. The zero-order valence-corrected chi connectivity index (χ0v) is 24.5. The maximum absolute atomic E-state index is 13.5. The van der Waals surface area contributed by atoms with Gasteiger partial charge in [-0.15, -0.1) is 0 Å². The lowest BCUT2D eigenvalue weighted by atomic mass is 9.83. The summed E-state index contributed by atoms with van der Waals surface area (Å²) in [5.41, 5.74) is 2.16. The van der Waals surface area contributed by atoms with E-state index in [-0.39, 0.29) is 11.9 Å². The van der Waals surface area contributed by atoms with Crippen LogP contribution in [0.1, 0.15) is 62.2 Å². The van der Waals surface area contributed by atoms with Crippen LogP contribution in [0.5, 0.6) is 0 Å². The first-order chi connectivity index (χ1) is 21.4. The Labute approximate surface area is 252 Å². The summed E-state index contributed by atoms with van der Waals surface area (Å²) in [5.74, 6) is 2.14. The number of pyridine rings is 1. The summed E-state index contributed by atoms with van der Waals surface area (Å²) in [6.45, 7) is 2.92. The molecule has 1 saturated carbocycles. The maximum Gasteiger partial charge on any atom is 0.252 e. The van der Waals surface area contributed by atoms with E-state index < -0.39 is 11.4 Å². The first kappa shape index (κ1) is 28.0. The van der Waals surface area contributed by atoms with Crippen molar-refractivity contribution < 1.29 is 18.3 Å². The summed E-state index contributed by atoms with van der Waals surface area (Å²) in [5, 5.41) is 17.9. The van der Waals surface area contributed by atoms with Crippen molar-refractivity contribution in [2.45, 2.75) is 56.6 Å². The first-order valence-corrected chi connectivity index (χ1v) is 14.8. The Balaban J connectivity index is 1.02. The molecule has 2 fully saturated rings. The number of furan rings is 1. The zero-order chi connectivity index (χ0) is 30.3. The lowest BCUT2D eigenvalue weighted by Crippen LogP contribution is -2.55. The predicted molar refractivity (Wildman–Crippen MR) is 159 cm³/mol. The fourth-order valence-corrected chi connectivity index (χ4v) is 5.75. The number of hydrogen-bond acceptors (Lipinski definition) is 10. The third-order valence-corrected chi connectivity index (χ3v) is 8.74. The summed E-state index contributed by atoms with van der Waals surface area (Å²) in [6.07, 6.45) is 10.1. The van der Waals surface area contributed by atoms with Crippen LogP contribution in [0, 0.1) is 5.82 Å². The van der Waals surface area contributed by atoms with Gasteiger partial charge in [-0.25, -0.2) is 19.0 Å². The minimum Gasteiger partial charge on any atom is -0.459 e. The van der Waals surface area contributed by atoms with Crippen molar-refractivity contribution in [1.82, 2.24) is 40.2 Å². The molecule has 0 unspecified atom stereocenters. The van der Waals surface area contributed by atoms with Crippen molar-refractivity contribution >= 4 is 34.6 Å². The lowest BCUT2D eigenvalue weighted by Gasteiger charge is -2.40. The summed E-state index contributed by atoms with van der Waals surface area (Å²) in [7, 11) is 1.57. The molecule has 0 bridgehead atoms. The first-order valence-electron chi connectivity index (χ1n) is 14.8. The molecule has 1 aliphatic heterocycles. The number of methoxy groups -OCH3 is 1. The van der Waals surface area contributed by atoms with Crippen LogP contribution in [0.15, 0.2) is 53.5 Å². The number of nitrogens with one attached hydrogen (secondary N) is 3. The number of halogens is 1. The number of fused-ring (bicyclic) bond motifs is 1. The summed E-state index contributed by atoms with van der Waals surface area (Å²) in [6, 6.07) is 7.08.